The molecule has 2 unspecified atom stereocenters. The normalized spacial score (nSPS) is 30.7. The van der Waals surface area contributed by atoms with E-state index in [2.05, 4.69) is 17.2 Å². The molecular weight excluding hydrogens is 243 g/mol. The van der Waals surface area contributed by atoms with Gasteiger partial charge in [-0.25, -0.2) is 4.39 Å². The van der Waals surface area contributed by atoms with E-state index in [9.17, 15) is 4.39 Å². The Bertz CT molecular complexity index is 516. The van der Waals surface area contributed by atoms with Crippen LogP contribution >= 0.6 is 0 Å². The molecule has 4 nitrogen and oxygen atoms in total. The topological polar surface area (TPSA) is 53.6 Å². The van der Waals surface area contributed by atoms with Crippen molar-refractivity contribution in [2.45, 2.75) is 18.9 Å². The van der Waals surface area contributed by atoms with E-state index in [1.807, 2.05) is 11.0 Å². The second kappa shape index (κ2) is 4.49. The molecule has 3 rings (SSSR count). The fourth-order valence-corrected chi connectivity index (χ4v) is 3.22. The van der Waals surface area contributed by atoms with Crippen LogP contribution in [0.5, 0.6) is 0 Å². The van der Waals surface area contributed by atoms with Gasteiger partial charge in [-0.05, 0) is 37.1 Å². The maximum Gasteiger partial charge on any atom is 0.196 e. The molecular formula is C14H19FN4. The zero-order valence-electron chi connectivity index (χ0n) is 11.1. The predicted octanol–water partition coefficient (Wildman–Crippen LogP) is 1.33. The maximum atomic E-state index is 13.5. The molecule has 2 atom stereocenters. The van der Waals surface area contributed by atoms with Crippen LogP contribution in [0.1, 0.15) is 13.3 Å². The molecule has 2 aliphatic heterocycles. The molecule has 0 bridgehead atoms. The van der Waals surface area contributed by atoms with Crippen LogP contribution in [0.4, 0.5) is 10.1 Å². The lowest BCUT2D eigenvalue weighted by atomic mass is 9.78. The van der Waals surface area contributed by atoms with Crippen molar-refractivity contribution in [3.63, 3.8) is 0 Å². The van der Waals surface area contributed by atoms with Gasteiger partial charge in [0.25, 0.3) is 0 Å². The molecule has 1 spiro atoms. The number of hydrogen-bond donors (Lipinski definition) is 2. The molecule has 3 N–H and O–H groups in total. The zero-order chi connectivity index (χ0) is 13.5. The molecule has 2 heterocycles. The van der Waals surface area contributed by atoms with Gasteiger partial charge in [0.05, 0.1) is 12.1 Å². The van der Waals surface area contributed by atoms with Crippen molar-refractivity contribution >= 4 is 11.6 Å². The van der Waals surface area contributed by atoms with E-state index in [0.717, 1.165) is 25.2 Å². The number of anilines is 1. The van der Waals surface area contributed by atoms with Crippen LogP contribution in [0.2, 0.25) is 0 Å². The summed E-state index contributed by atoms with van der Waals surface area (Å²) in [4.78, 5) is 6.45. The molecule has 1 aromatic carbocycles. The Morgan fingerprint density at radius 2 is 2.37 bits per heavy atom. The minimum Gasteiger partial charge on any atom is -0.369 e. The average Bonchev–Trinajstić information content (AvgIpc) is 2.71. The fourth-order valence-electron chi connectivity index (χ4n) is 3.22. The van der Waals surface area contributed by atoms with Gasteiger partial charge in [0, 0.05) is 12.2 Å². The first-order chi connectivity index (χ1) is 9.13. The highest BCUT2D eigenvalue weighted by molar-refractivity contribution is 5.98. The number of rotatable bonds is 1. The predicted molar refractivity (Wildman–Crippen MR) is 74.8 cm³/mol. The van der Waals surface area contributed by atoms with Crippen LogP contribution in [0.3, 0.4) is 0 Å². The SMILES string of the molecule is CC1CNCCC12CN=C(N)N2c1cccc(F)c1. The summed E-state index contributed by atoms with van der Waals surface area (Å²) in [5.74, 6) is 0.669. The molecule has 0 aliphatic carbocycles. The number of nitrogens with one attached hydrogen (secondary N) is 1. The summed E-state index contributed by atoms with van der Waals surface area (Å²) in [6, 6.07) is 6.60. The summed E-state index contributed by atoms with van der Waals surface area (Å²) in [5.41, 5.74) is 6.75. The minimum absolute atomic E-state index is 0.108. The molecule has 19 heavy (non-hydrogen) atoms. The standard InChI is InChI=1S/C14H19FN4/c1-10-8-17-6-5-14(10)9-18-13(16)19(14)12-4-2-3-11(15)7-12/h2-4,7,10,17H,5-6,8-9H2,1H3,(H2,16,18). The second-order valence-electron chi connectivity index (χ2n) is 5.45. The van der Waals surface area contributed by atoms with Gasteiger partial charge in [0.2, 0.25) is 0 Å². The summed E-state index contributed by atoms with van der Waals surface area (Å²) >= 11 is 0. The van der Waals surface area contributed by atoms with Gasteiger partial charge < -0.3 is 16.0 Å². The number of aliphatic imine (C=N–C) groups is 1. The van der Waals surface area contributed by atoms with E-state index in [1.54, 1.807) is 6.07 Å². The van der Waals surface area contributed by atoms with Crippen LogP contribution < -0.4 is 16.0 Å². The first-order valence-corrected chi connectivity index (χ1v) is 6.70. The van der Waals surface area contributed by atoms with Crippen molar-refractivity contribution in [2.75, 3.05) is 24.5 Å². The van der Waals surface area contributed by atoms with Gasteiger partial charge in [-0.2, -0.15) is 0 Å². The van der Waals surface area contributed by atoms with Gasteiger partial charge in [-0.15, -0.1) is 0 Å². The van der Waals surface area contributed by atoms with Gasteiger partial charge >= 0.3 is 0 Å². The molecule has 0 radical (unpaired) electrons. The molecule has 102 valence electrons. The summed E-state index contributed by atoms with van der Waals surface area (Å²) < 4.78 is 13.5. The van der Waals surface area contributed by atoms with Crippen molar-refractivity contribution in [3.05, 3.63) is 30.1 Å². The maximum absolute atomic E-state index is 13.5. The zero-order valence-corrected chi connectivity index (χ0v) is 11.1. The molecule has 2 aliphatic rings. The van der Waals surface area contributed by atoms with Gasteiger partial charge in [0.1, 0.15) is 5.82 Å². The van der Waals surface area contributed by atoms with E-state index in [0.29, 0.717) is 18.4 Å². The van der Waals surface area contributed by atoms with E-state index in [1.165, 1.54) is 12.1 Å². The molecule has 1 saturated heterocycles. The quantitative estimate of drug-likeness (QED) is 0.803. The van der Waals surface area contributed by atoms with E-state index < -0.39 is 0 Å². The highest BCUT2D eigenvalue weighted by Gasteiger charge is 2.48. The van der Waals surface area contributed by atoms with Crippen molar-refractivity contribution in [2.24, 2.45) is 16.6 Å². The third kappa shape index (κ3) is 1.89. The number of piperidine rings is 1. The highest BCUT2D eigenvalue weighted by atomic mass is 19.1. The molecule has 1 fully saturated rings. The second-order valence-corrected chi connectivity index (χ2v) is 5.45. The van der Waals surface area contributed by atoms with Gasteiger partial charge in [-0.3, -0.25) is 4.99 Å². The largest absolute Gasteiger partial charge is 0.369 e. The number of hydrogen-bond acceptors (Lipinski definition) is 4. The Labute approximate surface area is 112 Å². The number of nitrogens with two attached hydrogens (primary N) is 1. The van der Waals surface area contributed by atoms with Crippen LogP contribution in [-0.2, 0) is 0 Å². The Hall–Kier alpha value is -1.62. The van der Waals surface area contributed by atoms with Crippen molar-refractivity contribution < 1.29 is 4.39 Å². The van der Waals surface area contributed by atoms with Crippen molar-refractivity contribution in [1.82, 2.24) is 5.32 Å². The lowest BCUT2D eigenvalue weighted by molar-refractivity contribution is 0.240. The molecule has 1 aromatic rings. The van der Waals surface area contributed by atoms with E-state index in [-0.39, 0.29) is 11.4 Å². The average molecular weight is 262 g/mol. The van der Waals surface area contributed by atoms with Gasteiger partial charge in [-0.1, -0.05) is 13.0 Å². The Morgan fingerprint density at radius 1 is 1.53 bits per heavy atom. The summed E-state index contributed by atoms with van der Waals surface area (Å²) in [6.45, 7) is 4.78. The Balaban J connectivity index is 2.03. The molecule has 0 amide bonds. The lowest BCUT2D eigenvalue weighted by Crippen LogP contribution is -2.61. The third-order valence-electron chi connectivity index (χ3n) is 4.36. The monoisotopic (exact) mass is 262 g/mol. The molecule has 0 aromatic heterocycles. The Kier molecular flexibility index (Phi) is 2.93. The van der Waals surface area contributed by atoms with Crippen LogP contribution in [-0.4, -0.2) is 31.1 Å². The smallest absolute Gasteiger partial charge is 0.196 e. The summed E-state index contributed by atoms with van der Waals surface area (Å²) in [6.07, 6.45) is 0.967. The minimum atomic E-state index is -0.242. The van der Waals surface area contributed by atoms with E-state index in [4.69, 9.17) is 5.73 Å². The number of nitrogens with zero attached hydrogens (tertiary/aromatic N) is 2. The lowest BCUT2D eigenvalue weighted by Gasteiger charge is -2.46. The fraction of sp³-hybridized carbons (Fsp3) is 0.500. The van der Waals surface area contributed by atoms with E-state index >= 15 is 0 Å². The van der Waals surface area contributed by atoms with Crippen LogP contribution in [0.25, 0.3) is 0 Å². The summed E-state index contributed by atoms with van der Waals surface area (Å²) in [5, 5.41) is 3.39. The third-order valence-corrected chi connectivity index (χ3v) is 4.36. The van der Waals surface area contributed by atoms with Crippen molar-refractivity contribution in [1.29, 1.82) is 0 Å². The number of benzene rings is 1. The van der Waals surface area contributed by atoms with Crippen LogP contribution in [0.15, 0.2) is 29.3 Å². The Morgan fingerprint density at radius 3 is 3.11 bits per heavy atom. The van der Waals surface area contributed by atoms with Gasteiger partial charge in [0.15, 0.2) is 5.96 Å². The number of halogens is 1. The van der Waals surface area contributed by atoms with Crippen molar-refractivity contribution in [3.8, 4) is 0 Å². The van der Waals surface area contributed by atoms with Crippen LogP contribution in [0, 0.1) is 11.7 Å². The highest BCUT2D eigenvalue weighted by Crippen LogP contribution is 2.38. The first kappa shape index (κ1) is 12.4. The molecule has 0 saturated carbocycles. The molecule has 5 heteroatoms. The number of guanidine groups is 1. The first-order valence-electron chi connectivity index (χ1n) is 6.70. The summed E-state index contributed by atoms with van der Waals surface area (Å²) in [7, 11) is 0.